The number of nitrogens with zero attached hydrogens (tertiary/aromatic N) is 1. The van der Waals surface area contributed by atoms with E-state index in [4.69, 9.17) is 17.3 Å². The third kappa shape index (κ3) is 3.65. The van der Waals surface area contributed by atoms with E-state index < -0.39 is 9.84 Å². The van der Waals surface area contributed by atoms with Gasteiger partial charge in [0, 0.05) is 17.1 Å². The number of nitrogens with two attached hydrogens (primary N) is 1. The normalized spacial score (nSPS) is 20.6. The number of hydrogen-bond donors (Lipinski definition) is 1. The second kappa shape index (κ2) is 5.81. The lowest BCUT2D eigenvalue weighted by Crippen LogP contribution is -2.45. The Labute approximate surface area is 131 Å². The molecule has 1 atom stereocenters. The number of hydrogen-bond acceptors (Lipinski definition) is 4. The van der Waals surface area contributed by atoms with Gasteiger partial charge in [-0.15, -0.1) is 12.4 Å². The van der Waals surface area contributed by atoms with E-state index in [1.165, 1.54) is 0 Å². The Bertz CT molecular complexity index is 597. The number of fused-ring (bicyclic) bond motifs is 1. The summed E-state index contributed by atoms with van der Waals surface area (Å²) in [5, 5.41) is 0.557. The maximum Gasteiger partial charge on any atom is 0.180 e. The molecule has 0 fully saturated rings. The minimum atomic E-state index is -3.21. The van der Waals surface area contributed by atoms with Crippen LogP contribution in [0.3, 0.4) is 0 Å². The van der Waals surface area contributed by atoms with E-state index in [9.17, 15) is 8.42 Å². The van der Waals surface area contributed by atoms with Crippen LogP contribution in [0.5, 0.6) is 0 Å². The molecule has 7 heteroatoms. The summed E-state index contributed by atoms with van der Waals surface area (Å²) < 4.78 is 24.3. The highest BCUT2D eigenvalue weighted by molar-refractivity contribution is 7.91. The summed E-state index contributed by atoms with van der Waals surface area (Å²) in [5.74, 6) is 0.0925. The Morgan fingerprint density at radius 1 is 1.45 bits per heavy atom. The molecule has 0 aromatic heterocycles. The third-order valence-corrected chi connectivity index (χ3v) is 5.26. The highest BCUT2D eigenvalue weighted by atomic mass is 35.5. The Balaban J connectivity index is 0.00000200. The molecular formula is C13H20Cl2N2O2S. The van der Waals surface area contributed by atoms with Crippen LogP contribution in [0.2, 0.25) is 5.02 Å². The number of benzene rings is 1. The first kappa shape index (κ1) is 17.7. The topological polar surface area (TPSA) is 63.4 Å². The maximum absolute atomic E-state index is 12.1. The van der Waals surface area contributed by atoms with Gasteiger partial charge in [-0.05, 0) is 44.7 Å². The molecule has 4 nitrogen and oxygen atoms in total. The zero-order chi connectivity index (χ0) is 14.4. The van der Waals surface area contributed by atoms with Crippen LogP contribution in [0, 0.1) is 0 Å². The van der Waals surface area contributed by atoms with Crippen molar-refractivity contribution in [3.05, 3.63) is 28.8 Å². The van der Waals surface area contributed by atoms with Gasteiger partial charge in [0.15, 0.2) is 9.84 Å². The van der Waals surface area contributed by atoms with Gasteiger partial charge in [0.1, 0.15) is 0 Å². The molecule has 114 valence electrons. The van der Waals surface area contributed by atoms with Crippen LogP contribution in [-0.4, -0.2) is 38.2 Å². The van der Waals surface area contributed by atoms with Crippen LogP contribution in [0.25, 0.3) is 0 Å². The smallest absolute Gasteiger partial charge is 0.180 e. The second-order valence-corrected chi connectivity index (χ2v) is 8.32. The van der Waals surface area contributed by atoms with Crippen LogP contribution in [-0.2, 0) is 9.84 Å². The Hall–Kier alpha value is -0.330. The molecule has 0 radical (unpaired) electrons. The summed E-state index contributed by atoms with van der Waals surface area (Å²) in [4.78, 5) is 2.38. The minimum absolute atomic E-state index is 0. The third-order valence-electron chi connectivity index (χ3n) is 3.23. The van der Waals surface area contributed by atoms with E-state index in [1.807, 2.05) is 25.8 Å². The molecule has 0 amide bonds. The van der Waals surface area contributed by atoms with Crippen molar-refractivity contribution < 1.29 is 8.42 Å². The number of rotatable bonds is 3. The van der Waals surface area contributed by atoms with Gasteiger partial charge in [-0.3, -0.25) is 4.90 Å². The van der Waals surface area contributed by atoms with Crippen molar-refractivity contribution in [2.75, 3.05) is 19.3 Å². The van der Waals surface area contributed by atoms with Crippen LogP contribution in [0.1, 0.15) is 25.5 Å². The van der Waals surface area contributed by atoms with Crippen LogP contribution in [0.15, 0.2) is 23.1 Å². The van der Waals surface area contributed by atoms with Crippen LogP contribution >= 0.6 is 24.0 Å². The Kier molecular flexibility index (Phi) is 5.15. The molecule has 0 spiro atoms. The highest BCUT2D eigenvalue weighted by Gasteiger charge is 2.37. The van der Waals surface area contributed by atoms with Crippen molar-refractivity contribution in [2.24, 2.45) is 5.73 Å². The summed E-state index contributed by atoms with van der Waals surface area (Å²) in [6, 6.07) is 4.77. The molecule has 1 aromatic rings. The summed E-state index contributed by atoms with van der Waals surface area (Å²) in [7, 11) is -1.32. The molecule has 0 saturated carbocycles. The van der Waals surface area contributed by atoms with Gasteiger partial charge in [-0.25, -0.2) is 8.42 Å². The molecule has 0 saturated heterocycles. The molecule has 20 heavy (non-hydrogen) atoms. The van der Waals surface area contributed by atoms with E-state index in [-0.39, 0.29) is 29.7 Å². The number of halogens is 2. The summed E-state index contributed by atoms with van der Waals surface area (Å²) in [6.45, 7) is 4.46. The monoisotopic (exact) mass is 338 g/mol. The lowest BCUT2D eigenvalue weighted by molar-refractivity contribution is 0.218. The van der Waals surface area contributed by atoms with Gasteiger partial charge < -0.3 is 5.73 Å². The van der Waals surface area contributed by atoms with E-state index in [0.29, 0.717) is 16.5 Å². The van der Waals surface area contributed by atoms with E-state index in [1.54, 1.807) is 18.2 Å². The van der Waals surface area contributed by atoms with E-state index in [2.05, 4.69) is 0 Å². The van der Waals surface area contributed by atoms with Crippen LogP contribution in [0.4, 0.5) is 0 Å². The summed E-state index contributed by atoms with van der Waals surface area (Å²) in [6.07, 6.45) is 0. The standard InChI is InChI=1S/C13H19ClN2O2S.ClH/c1-13(2,15)8-16(3)11-7-19(17,18)12-5-4-9(14)6-10(11)12;/h4-6,11H,7-8,15H2,1-3H3;1H. The van der Waals surface area contributed by atoms with Gasteiger partial charge in [0.25, 0.3) is 0 Å². The van der Waals surface area contributed by atoms with Crippen LogP contribution < -0.4 is 5.73 Å². The van der Waals surface area contributed by atoms with Crippen molar-refractivity contribution in [1.82, 2.24) is 4.90 Å². The van der Waals surface area contributed by atoms with Crippen molar-refractivity contribution in [3.63, 3.8) is 0 Å². The molecule has 2 N–H and O–H groups in total. The molecule has 1 aliphatic heterocycles. The van der Waals surface area contributed by atoms with Crippen molar-refractivity contribution >= 4 is 33.8 Å². The molecule has 1 unspecified atom stereocenters. The predicted octanol–water partition coefficient (Wildman–Crippen LogP) is 2.26. The SMILES string of the molecule is CN(CC(C)(C)N)C1CS(=O)(=O)c2ccc(Cl)cc21.Cl. The molecular weight excluding hydrogens is 319 g/mol. The fraction of sp³-hybridized carbons (Fsp3) is 0.538. The van der Waals surface area contributed by atoms with Crippen molar-refractivity contribution in [3.8, 4) is 0 Å². The van der Waals surface area contributed by atoms with Gasteiger partial charge in [0.05, 0.1) is 16.7 Å². The first-order chi connectivity index (χ1) is 8.60. The fourth-order valence-corrected chi connectivity index (χ4v) is 4.61. The predicted molar refractivity (Wildman–Crippen MR) is 84.4 cm³/mol. The quantitative estimate of drug-likeness (QED) is 0.918. The van der Waals surface area contributed by atoms with E-state index >= 15 is 0 Å². The average molecular weight is 339 g/mol. The zero-order valence-corrected chi connectivity index (χ0v) is 14.1. The molecule has 1 heterocycles. The number of sulfone groups is 1. The highest BCUT2D eigenvalue weighted by Crippen LogP contribution is 2.38. The fourth-order valence-electron chi connectivity index (χ4n) is 2.57. The van der Waals surface area contributed by atoms with Gasteiger partial charge in [-0.2, -0.15) is 0 Å². The molecule has 0 bridgehead atoms. The zero-order valence-electron chi connectivity index (χ0n) is 11.8. The molecule has 0 aliphatic carbocycles. The van der Waals surface area contributed by atoms with Gasteiger partial charge in [-0.1, -0.05) is 11.6 Å². The summed E-state index contributed by atoms with van der Waals surface area (Å²) >= 11 is 5.98. The van der Waals surface area contributed by atoms with E-state index in [0.717, 1.165) is 5.56 Å². The molecule has 1 aliphatic rings. The Morgan fingerprint density at radius 2 is 2.05 bits per heavy atom. The molecule has 2 rings (SSSR count). The van der Waals surface area contributed by atoms with Gasteiger partial charge >= 0.3 is 0 Å². The molecule has 1 aromatic carbocycles. The van der Waals surface area contributed by atoms with Crippen molar-refractivity contribution in [1.29, 1.82) is 0 Å². The Morgan fingerprint density at radius 3 is 2.60 bits per heavy atom. The minimum Gasteiger partial charge on any atom is -0.324 e. The first-order valence-electron chi connectivity index (χ1n) is 6.11. The maximum atomic E-state index is 12.1. The van der Waals surface area contributed by atoms with Gasteiger partial charge in [0.2, 0.25) is 0 Å². The summed E-state index contributed by atoms with van der Waals surface area (Å²) in [5.41, 5.74) is 6.41. The lowest BCUT2D eigenvalue weighted by atomic mass is 10.0. The number of likely N-dealkylation sites (N-methyl/N-ethyl adjacent to an activating group) is 1. The first-order valence-corrected chi connectivity index (χ1v) is 8.14. The second-order valence-electron chi connectivity index (χ2n) is 5.88. The lowest BCUT2D eigenvalue weighted by Gasteiger charge is -2.31. The average Bonchev–Trinajstić information content (AvgIpc) is 2.48. The van der Waals surface area contributed by atoms with Crippen molar-refractivity contribution in [2.45, 2.75) is 30.3 Å². The largest absolute Gasteiger partial charge is 0.324 e.